The molecule has 0 spiro atoms. The highest BCUT2D eigenvalue weighted by Gasteiger charge is 2.29. The molecule has 0 aromatic carbocycles. The van der Waals surface area contributed by atoms with Crippen molar-refractivity contribution in [3.8, 4) is 0 Å². The van der Waals surface area contributed by atoms with Gasteiger partial charge in [0.15, 0.2) is 0 Å². The van der Waals surface area contributed by atoms with Crippen LogP contribution >= 0.6 is 0 Å². The monoisotopic (exact) mass is 300 g/mol. The average molecular weight is 300 g/mol. The maximum atomic E-state index is 10.1. The molecule has 1 aliphatic rings. The van der Waals surface area contributed by atoms with Crippen molar-refractivity contribution < 1.29 is 14.9 Å². The summed E-state index contributed by atoms with van der Waals surface area (Å²) in [5.74, 6) is 0. The fraction of sp³-hybridized carbons (Fsp3) is 1.00. The van der Waals surface area contributed by atoms with Crippen molar-refractivity contribution >= 4 is 0 Å². The highest BCUT2D eigenvalue weighted by Crippen LogP contribution is 2.24. The molecule has 3 atom stereocenters. The zero-order chi connectivity index (χ0) is 15.3. The largest absolute Gasteiger partial charge is 0.394 e. The first-order chi connectivity index (χ1) is 10.3. The van der Waals surface area contributed by atoms with E-state index in [0.717, 1.165) is 25.7 Å². The standard InChI is InChI=1S/C18H36O3/c1-2-3-4-5-6-7-8-9-10-11-12-17(20)18-14-13-16(15-19)21-18/h16-20H,2-15H2,1H3/t16-,17?,18-/m1/s1. The molecule has 3 nitrogen and oxygen atoms in total. The Morgan fingerprint density at radius 1 is 0.905 bits per heavy atom. The Hall–Kier alpha value is -0.120. The van der Waals surface area contributed by atoms with Crippen LogP contribution in [0.4, 0.5) is 0 Å². The molecule has 1 fully saturated rings. The normalized spacial score (nSPS) is 23.6. The number of aliphatic hydroxyl groups is 2. The molecule has 0 amide bonds. The lowest BCUT2D eigenvalue weighted by Gasteiger charge is -2.18. The van der Waals surface area contributed by atoms with E-state index in [1.807, 2.05) is 0 Å². The number of rotatable bonds is 13. The number of ether oxygens (including phenoxy) is 1. The van der Waals surface area contributed by atoms with Gasteiger partial charge in [-0.15, -0.1) is 0 Å². The first kappa shape index (κ1) is 18.9. The molecule has 1 aliphatic heterocycles. The Morgan fingerprint density at radius 2 is 1.48 bits per heavy atom. The fourth-order valence-electron chi connectivity index (χ4n) is 3.18. The van der Waals surface area contributed by atoms with Crippen LogP contribution < -0.4 is 0 Å². The van der Waals surface area contributed by atoms with E-state index in [9.17, 15) is 5.11 Å². The molecule has 0 aromatic heterocycles. The molecular weight excluding hydrogens is 264 g/mol. The van der Waals surface area contributed by atoms with E-state index in [-0.39, 0.29) is 24.9 Å². The minimum absolute atomic E-state index is 0.0410. The van der Waals surface area contributed by atoms with Crippen molar-refractivity contribution in [1.29, 1.82) is 0 Å². The van der Waals surface area contributed by atoms with Crippen LogP contribution in [0.3, 0.4) is 0 Å². The number of unbranched alkanes of at least 4 members (excludes halogenated alkanes) is 9. The maximum absolute atomic E-state index is 10.1. The van der Waals surface area contributed by atoms with Crippen LogP contribution in [0, 0.1) is 0 Å². The molecule has 1 saturated heterocycles. The third-order valence-electron chi connectivity index (χ3n) is 4.63. The van der Waals surface area contributed by atoms with Crippen LogP contribution in [-0.2, 0) is 4.74 Å². The topological polar surface area (TPSA) is 49.7 Å². The van der Waals surface area contributed by atoms with Gasteiger partial charge in [-0.25, -0.2) is 0 Å². The summed E-state index contributed by atoms with van der Waals surface area (Å²) in [5.41, 5.74) is 0. The lowest BCUT2D eigenvalue weighted by molar-refractivity contribution is -0.0516. The van der Waals surface area contributed by atoms with Crippen molar-refractivity contribution in [3.05, 3.63) is 0 Å². The summed E-state index contributed by atoms with van der Waals surface area (Å²) in [6.45, 7) is 2.34. The molecule has 126 valence electrons. The van der Waals surface area contributed by atoms with E-state index < -0.39 is 0 Å². The van der Waals surface area contributed by atoms with Crippen molar-refractivity contribution in [1.82, 2.24) is 0 Å². The smallest absolute Gasteiger partial charge is 0.0839 e. The Kier molecular flexibility index (Phi) is 11.2. The van der Waals surface area contributed by atoms with E-state index in [1.54, 1.807) is 0 Å². The molecule has 2 N–H and O–H groups in total. The van der Waals surface area contributed by atoms with Crippen LogP contribution in [0.15, 0.2) is 0 Å². The summed E-state index contributed by atoms with van der Waals surface area (Å²) in [6.07, 6.45) is 15.4. The van der Waals surface area contributed by atoms with Gasteiger partial charge in [0.05, 0.1) is 24.9 Å². The molecule has 1 unspecified atom stereocenters. The van der Waals surface area contributed by atoms with Gasteiger partial charge in [-0.05, 0) is 19.3 Å². The predicted molar refractivity (Wildman–Crippen MR) is 87.4 cm³/mol. The first-order valence-corrected chi connectivity index (χ1v) is 9.22. The minimum atomic E-state index is -0.337. The van der Waals surface area contributed by atoms with Gasteiger partial charge in [-0.2, -0.15) is 0 Å². The molecule has 1 rings (SSSR count). The lowest BCUT2D eigenvalue weighted by Crippen LogP contribution is -2.27. The van der Waals surface area contributed by atoms with Crippen LogP contribution in [0.2, 0.25) is 0 Å². The molecule has 0 aliphatic carbocycles. The third-order valence-corrected chi connectivity index (χ3v) is 4.63. The summed E-state index contributed by atoms with van der Waals surface area (Å²) >= 11 is 0. The third kappa shape index (κ3) is 8.80. The molecule has 21 heavy (non-hydrogen) atoms. The summed E-state index contributed by atoms with van der Waals surface area (Å²) in [7, 11) is 0. The predicted octanol–water partition coefficient (Wildman–Crippen LogP) is 4.20. The zero-order valence-electron chi connectivity index (χ0n) is 13.9. The van der Waals surface area contributed by atoms with Crippen molar-refractivity contribution in [2.45, 2.75) is 109 Å². The fourth-order valence-corrected chi connectivity index (χ4v) is 3.18. The van der Waals surface area contributed by atoms with Gasteiger partial charge in [-0.1, -0.05) is 71.1 Å². The van der Waals surface area contributed by atoms with E-state index in [2.05, 4.69) is 6.92 Å². The number of hydrogen-bond donors (Lipinski definition) is 2. The summed E-state index contributed by atoms with van der Waals surface area (Å²) in [6, 6.07) is 0. The van der Waals surface area contributed by atoms with Crippen molar-refractivity contribution in [2.75, 3.05) is 6.61 Å². The van der Waals surface area contributed by atoms with Gasteiger partial charge < -0.3 is 14.9 Å². The molecule has 0 aromatic rings. The van der Waals surface area contributed by atoms with Crippen molar-refractivity contribution in [3.63, 3.8) is 0 Å². The molecule has 1 heterocycles. The van der Waals surface area contributed by atoms with Crippen LogP contribution in [0.5, 0.6) is 0 Å². The van der Waals surface area contributed by atoms with Gasteiger partial charge >= 0.3 is 0 Å². The van der Waals surface area contributed by atoms with Crippen molar-refractivity contribution in [2.24, 2.45) is 0 Å². The maximum Gasteiger partial charge on any atom is 0.0839 e. The van der Waals surface area contributed by atoms with Crippen LogP contribution in [0.25, 0.3) is 0 Å². The minimum Gasteiger partial charge on any atom is -0.394 e. The van der Waals surface area contributed by atoms with Crippen LogP contribution in [-0.4, -0.2) is 35.1 Å². The second-order valence-corrected chi connectivity index (χ2v) is 6.59. The number of hydrogen-bond acceptors (Lipinski definition) is 3. The van der Waals surface area contributed by atoms with Gasteiger partial charge in [0, 0.05) is 0 Å². The van der Waals surface area contributed by atoms with E-state index in [4.69, 9.17) is 9.84 Å². The van der Waals surface area contributed by atoms with E-state index in [0.29, 0.717) is 0 Å². The zero-order valence-corrected chi connectivity index (χ0v) is 13.9. The molecule has 0 bridgehead atoms. The van der Waals surface area contributed by atoms with Gasteiger partial charge in [0.2, 0.25) is 0 Å². The quantitative estimate of drug-likeness (QED) is 0.501. The average Bonchev–Trinajstić information content (AvgIpc) is 2.98. The summed E-state index contributed by atoms with van der Waals surface area (Å²) in [5, 5.41) is 19.1. The molecule has 3 heteroatoms. The highest BCUT2D eigenvalue weighted by atomic mass is 16.5. The van der Waals surface area contributed by atoms with Gasteiger partial charge in [-0.3, -0.25) is 0 Å². The Balaban J connectivity index is 1.85. The van der Waals surface area contributed by atoms with E-state index >= 15 is 0 Å². The second kappa shape index (κ2) is 12.4. The second-order valence-electron chi connectivity index (χ2n) is 6.59. The lowest BCUT2D eigenvalue weighted by atomic mass is 10.0. The summed E-state index contributed by atoms with van der Waals surface area (Å²) < 4.78 is 5.61. The Labute approximate surface area is 131 Å². The molecular formula is C18H36O3. The molecule has 0 radical (unpaired) electrons. The van der Waals surface area contributed by atoms with Gasteiger partial charge in [0.25, 0.3) is 0 Å². The molecule has 0 saturated carbocycles. The number of aliphatic hydroxyl groups excluding tert-OH is 2. The van der Waals surface area contributed by atoms with Gasteiger partial charge in [0.1, 0.15) is 0 Å². The Morgan fingerprint density at radius 3 is 2.00 bits per heavy atom. The van der Waals surface area contributed by atoms with E-state index in [1.165, 1.54) is 57.8 Å². The first-order valence-electron chi connectivity index (χ1n) is 9.22. The SMILES string of the molecule is CCCCCCCCCCCCC(O)[C@H]1CC[C@H](CO)O1. The Bertz CT molecular complexity index is 233. The van der Waals surface area contributed by atoms with Crippen LogP contribution in [0.1, 0.15) is 90.4 Å². The summed E-state index contributed by atoms with van der Waals surface area (Å²) in [4.78, 5) is 0. The highest BCUT2D eigenvalue weighted by molar-refractivity contribution is 4.78.